The molecule has 6 heteroatoms. The quantitative estimate of drug-likeness (QED) is 0.483. The summed E-state index contributed by atoms with van der Waals surface area (Å²) in [4.78, 5) is 26.0. The van der Waals surface area contributed by atoms with Gasteiger partial charge >= 0.3 is 5.97 Å². The van der Waals surface area contributed by atoms with Crippen LogP contribution in [0, 0.1) is 5.92 Å². The van der Waals surface area contributed by atoms with Gasteiger partial charge in [0.15, 0.2) is 0 Å². The van der Waals surface area contributed by atoms with E-state index >= 15 is 0 Å². The molecule has 0 heterocycles. The second-order valence-electron chi connectivity index (χ2n) is 5.24. The maximum Gasteiger partial charge on any atom is 0.310 e. The molecule has 1 rings (SSSR count). The highest BCUT2D eigenvalue weighted by molar-refractivity contribution is 9.10. The monoisotopic (exact) mass is 385 g/mol. The van der Waals surface area contributed by atoms with Crippen LogP contribution in [0.3, 0.4) is 0 Å². The van der Waals surface area contributed by atoms with Gasteiger partial charge in [-0.15, -0.1) is 0 Å². The van der Waals surface area contributed by atoms with E-state index in [1.54, 1.807) is 24.0 Å². The first kappa shape index (κ1) is 19.6. The molecule has 0 saturated heterocycles. The molecule has 23 heavy (non-hydrogen) atoms. The fourth-order valence-electron chi connectivity index (χ4n) is 2.19. The number of amides is 1. The van der Waals surface area contributed by atoms with Crippen LogP contribution >= 0.6 is 15.9 Å². The van der Waals surface area contributed by atoms with Crippen molar-refractivity contribution in [2.24, 2.45) is 5.92 Å². The molecule has 0 N–H and O–H groups in total. The number of hydrogen-bond acceptors (Lipinski definition) is 4. The molecule has 0 aliphatic rings. The number of carbonyl (C=O) groups excluding carboxylic acids is 2. The molecule has 1 atom stereocenters. The van der Waals surface area contributed by atoms with Gasteiger partial charge in [-0.3, -0.25) is 9.59 Å². The van der Waals surface area contributed by atoms with Crippen LogP contribution in [0.1, 0.15) is 30.6 Å². The maximum atomic E-state index is 12.7. The van der Waals surface area contributed by atoms with E-state index in [4.69, 9.17) is 9.47 Å². The predicted molar refractivity (Wildman–Crippen MR) is 92.3 cm³/mol. The van der Waals surface area contributed by atoms with Gasteiger partial charge in [-0.25, -0.2) is 0 Å². The van der Waals surface area contributed by atoms with Gasteiger partial charge in [-0.2, -0.15) is 0 Å². The van der Waals surface area contributed by atoms with E-state index in [1.165, 1.54) is 7.11 Å². The molecule has 0 fully saturated rings. The zero-order chi connectivity index (χ0) is 17.2. The predicted octanol–water partition coefficient (Wildman–Crippen LogP) is 3.13. The van der Waals surface area contributed by atoms with Crippen LogP contribution in [0.15, 0.2) is 28.7 Å². The highest BCUT2D eigenvalue weighted by Crippen LogP contribution is 2.15. The number of methoxy groups -OCH3 is 1. The van der Waals surface area contributed by atoms with E-state index in [2.05, 4.69) is 15.9 Å². The van der Waals surface area contributed by atoms with Gasteiger partial charge in [-0.05, 0) is 31.5 Å². The van der Waals surface area contributed by atoms with Gasteiger partial charge in [0.05, 0.1) is 13.0 Å². The zero-order valence-corrected chi connectivity index (χ0v) is 15.5. The minimum Gasteiger partial charge on any atom is -0.469 e. The highest BCUT2D eigenvalue weighted by Gasteiger charge is 2.22. The van der Waals surface area contributed by atoms with Crippen molar-refractivity contribution in [2.75, 3.05) is 33.4 Å². The summed E-state index contributed by atoms with van der Waals surface area (Å²) in [7, 11) is 1.36. The topological polar surface area (TPSA) is 55.8 Å². The van der Waals surface area contributed by atoms with Crippen molar-refractivity contribution in [2.45, 2.75) is 20.3 Å². The van der Waals surface area contributed by atoms with E-state index < -0.39 is 0 Å². The number of hydrogen-bond donors (Lipinski definition) is 0. The minimum atomic E-state index is -0.372. The summed E-state index contributed by atoms with van der Waals surface area (Å²) in [6.07, 6.45) is 0.724. The summed E-state index contributed by atoms with van der Waals surface area (Å²) in [5.41, 5.74) is 0.591. The lowest BCUT2D eigenvalue weighted by Crippen LogP contribution is -2.38. The molecular formula is C17H24BrNO4. The smallest absolute Gasteiger partial charge is 0.310 e. The van der Waals surface area contributed by atoms with Gasteiger partial charge in [0.25, 0.3) is 5.91 Å². The Labute approximate surface area is 146 Å². The van der Waals surface area contributed by atoms with Crippen LogP contribution in [-0.2, 0) is 14.3 Å². The van der Waals surface area contributed by atoms with Gasteiger partial charge in [0, 0.05) is 36.3 Å². The molecule has 0 aromatic heterocycles. The standard InChI is InChI=1S/C17H24BrNO4/c1-4-23-10-6-9-19(12-13(2)17(21)22-3)16(20)14-7-5-8-15(18)11-14/h5,7-8,11,13H,4,6,9-10,12H2,1-3H3. The zero-order valence-electron chi connectivity index (χ0n) is 13.9. The van der Waals surface area contributed by atoms with E-state index in [0.29, 0.717) is 31.9 Å². The Hall–Kier alpha value is -1.40. The SMILES string of the molecule is CCOCCCN(CC(C)C(=O)OC)C(=O)c1cccc(Br)c1. The van der Waals surface area contributed by atoms with Crippen molar-refractivity contribution in [3.63, 3.8) is 0 Å². The average molecular weight is 386 g/mol. The van der Waals surface area contributed by atoms with Crippen molar-refractivity contribution in [3.05, 3.63) is 34.3 Å². The third-order valence-electron chi connectivity index (χ3n) is 3.38. The summed E-state index contributed by atoms with van der Waals surface area (Å²) >= 11 is 3.37. The van der Waals surface area contributed by atoms with Crippen LogP contribution in [-0.4, -0.2) is 50.2 Å². The summed E-state index contributed by atoms with van der Waals surface area (Å²) < 4.78 is 10.9. The number of esters is 1. The lowest BCUT2D eigenvalue weighted by Gasteiger charge is -2.25. The Bertz CT molecular complexity index is 521. The average Bonchev–Trinajstić information content (AvgIpc) is 2.56. The lowest BCUT2D eigenvalue weighted by atomic mass is 10.1. The van der Waals surface area contributed by atoms with Crippen LogP contribution in [0.5, 0.6) is 0 Å². The number of carbonyl (C=O) groups is 2. The third-order valence-corrected chi connectivity index (χ3v) is 3.87. The molecule has 0 bridgehead atoms. The fraction of sp³-hybridized carbons (Fsp3) is 0.529. The molecule has 0 spiro atoms. The molecule has 128 valence electrons. The third kappa shape index (κ3) is 6.71. The Kier molecular flexibility index (Phi) is 8.87. The highest BCUT2D eigenvalue weighted by atomic mass is 79.9. The number of nitrogens with zero attached hydrogens (tertiary/aromatic N) is 1. The van der Waals surface area contributed by atoms with Crippen molar-refractivity contribution in [1.29, 1.82) is 0 Å². The summed E-state index contributed by atoms with van der Waals surface area (Å²) in [6.45, 7) is 5.79. The van der Waals surface area contributed by atoms with E-state index in [1.807, 2.05) is 19.1 Å². The molecule has 1 amide bonds. The Balaban J connectivity index is 2.80. The Morgan fingerprint density at radius 3 is 2.70 bits per heavy atom. The van der Waals surface area contributed by atoms with Crippen LogP contribution in [0.4, 0.5) is 0 Å². The molecule has 0 aliphatic heterocycles. The maximum absolute atomic E-state index is 12.7. The molecule has 0 aliphatic carbocycles. The fourth-order valence-corrected chi connectivity index (χ4v) is 2.59. The Morgan fingerprint density at radius 1 is 1.35 bits per heavy atom. The largest absolute Gasteiger partial charge is 0.469 e. The van der Waals surface area contributed by atoms with Gasteiger partial charge in [-0.1, -0.05) is 28.9 Å². The molecule has 0 radical (unpaired) electrons. The number of rotatable bonds is 9. The molecule has 1 aromatic rings. The van der Waals surface area contributed by atoms with Crippen molar-refractivity contribution < 1.29 is 19.1 Å². The van der Waals surface area contributed by atoms with Crippen molar-refractivity contribution in [3.8, 4) is 0 Å². The van der Waals surface area contributed by atoms with E-state index in [0.717, 1.165) is 10.9 Å². The number of halogens is 1. The summed E-state index contributed by atoms with van der Waals surface area (Å²) in [6, 6.07) is 7.23. The normalized spacial score (nSPS) is 11.8. The first-order valence-corrected chi connectivity index (χ1v) is 8.49. The van der Waals surface area contributed by atoms with Crippen LogP contribution in [0.2, 0.25) is 0 Å². The first-order chi connectivity index (χ1) is 11.0. The Morgan fingerprint density at radius 2 is 2.09 bits per heavy atom. The molecule has 5 nitrogen and oxygen atoms in total. The first-order valence-electron chi connectivity index (χ1n) is 7.70. The van der Waals surface area contributed by atoms with E-state index in [9.17, 15) is 9.59 Å². The second kappa shape index (κ2) is 10.4. The van der Waals surface area contributed by atoms with Crippen molar-refractivity contribution in [1.82, 2.24) is 4.90 Å². The molecule has 1 unspecified atom stereocenters. The van der Waals surface area contributed by atoms with E-state index in [-0.39, 0.29) is 17.8 Å². The van der Waals surface area contributed by atoms with Crippen LogP contribution < -0.4 is 0 Å². The van der Waals surface area contributed by atoms with Gasteiger partial charge < -0.3 is 14.4 Å². The summed E-state index contributed by atoms with van der Waals surface area (Å²) in [5, 5.41) is 0. The van der Waals surface area contributed by atoms with Gasteiger partial charge in [0.2, 0.25) is 0 Å². The lowest BCUT2D eigenvalue weighted by molar-refractivity contribution is -0.145. The van der Waals surface area contributed by atoms with Crippen molar-refractivity contribution >= 4 is 27.8 Å². The molecular weight excluding hydrogens is 362 g/mol. The second-order valence-corrected chi connectivity index (χ2v) is 6.15. The molecule has 0 saturated carbocycles. The molecule has 1 aromatic carbocycles. The minimum absolute atomic E-state index is 0.0986. The van der Waals surface area contributed by atoms with Crippen LogP contribution in [0.25, 0.3) is 0 Å². The van der Waals surface area contributed by atoms with Gasteiger partial charge in [0.1, 0.15) is 0 Å². The number of ether oxygens (including phenoxy) is 2. The number of benzene rings is 1. The summed E-state index contributed by atoms with van der Waals surface area (Å²) in [5.74, 6) is -0.788.